The minimum Gasteiger partial charge on any atom is -0.497 e. The van der Waals surface area contributed by atoms with Crippen LogP contribution in [0.5, 0.6) is 5.75 Å². The van der Waals surface area contributed by atoms with Crippen molar-refractivity contribution in [2.24, 2.45) is 0 Å². The Labute approximate surface area is 236 Å². The molecule has 1 saturated heterocycles. The lowest BCUT2D eigenvalue weighted by Crippen LogP contribution is -2.53. The number of methoxy groups -OCH3 is 1. The summed E-state index contributed by atoms with van der Waals surface area (Å²) >= 11 is 0. The molecule has 9 nitrogen and oxygen atoms in total. The number of nitrogens with one attached hydrogen (secondary N) is 1. The van der Waals surface area contributed by atoms with Crippen LogP contribution in [0.4, 0.5) is 4.79 Å². The summed E-state index contributed by atoms with van der Waals surface area (Å²) in [4.78, 5) is 44.9. The predicted molar refractivity (Wildman–Crippen MR) is 153 cm³/mol. The van der Waals surface area contributed by atoms with Gasteiger partial charge in [-0.1, -0.05) is 45.0 Å². The van der Waals surface area contributed by atoms with Crippen molar-refractivity contribution in [3.8, 4) is 5.75 Å². The second-order valence-corrected chi connectivity index (χ2v) is 11.2. The van der Waals surface area contributed by atoms with Gasteiger partial charge >= 0.3 is 12.0 Å². The van der Waals surface area contributed by atoms with E-state index in [0.717, 1.165) is 5.56 Å². The zero-order valence-electron chi connectivity index (χ0n) is 24.3. The number of ether oxygens (including phenoxy) is 2. The molecule has 2 aliphatic rings. The van der Waals surface area contributed by atoms with Crippen molar-refractivity contribution in [2.45, 2.75) is 39.2 Å². The first kappa shape index (κ1) is 29.1. The number of hydrogen-bond acceptors (Lipinski definition) is 6. The fourth-order valence-electron chi connectivity index (χ4n) is 5.06. The van der Waals surface area contributed by atoms with Gasteiger partial charge in [0.05, 0.1) is 25.3 Å². The molecule has 0 aliphatic carbocycles. The van der Waals surface area contributed by atoms with Crippen molar-refractivity contribution < 1.29 is 23.9 Å². The molecule has 2 heterocycles. The van der Waals surface area contributed by atoms with Crippen molar-refractivity contribution in [3.05, 3.63) is 76.5 Å². The van der Waals surface area contributed by atoms with Crippen molar-refractivity contribution in [2.75, 3.05) is 53.5 Å². The van der Waals surface area contributed by atoms with Crippen LogP contribution in [-0.4, -0.2) is 86.1 Å². The van der Waals surface area contributed by atoms with Crippen LogP contribution in [0.2, 0.25) is 0 Å². The first-order valence-electron chi connectivity index (χ1n) is 13.7. The van der Waals surface area contributed by atoms with Gasteiger partial charge in [0.25, 0.3) is 5.91 Å². The van der Waals surface area contributed by atoms with Crippen LogP contribution in [-0.2, 0) is 14.9 Å². The summed E-state index contributed by atoms with van der Waals surface area (Å²) in [7, 11) is 3.27. The topological polar surface area (TPSA) is 91.4 Å². The molecule has 0 unspecified atom stereocenters. The van der Waals surface area contributed by atoms with Crippen LogP contribution in [0.25, 0.3) is 0 Å². The summed E-state index contributed by atoms with van der Waals surface area (Å²) in [6.07, 6.45) is 0. The smallest absolute Gasteiger partial charge is 0.338 e. The Bertz CT molecular complexity index is 1260. The van der Waals surface area contributed by atoms with Crippen LogP contribution < -0.4 is 10.1 Å². The molecule has 0 saturated carbocycles. The van der Waals surface area contributed by atoms with E-state index in [9.17, 15) is 14.4 Å². The summed E-state index contributed by atoms with van der Waals surface area (Å²) in [6.45, 7) is 11.1. The van der Waals surface area contributed by atoms with Gasteiger partial charge in [-0.2, -0.15) is 0 Å². The highest BCUT2D eigenvalue weighted by Crippen LogP contribution is 2.33. The molecule has 2 aliphatic heterocycles. The lowest BCUT2D eigenvalue weighted by molar-refractivity contribution is -0.139. The van der Waals surface area contributed by atoms with E-state index in [4.69, 9.17) is 9.47 Å². The maximum absolute atomic E-state index is 13.3. The summed E-state index contributed by atoms with van der Waals surface area (Å²) in [5.41, 5.74) is 3.64. The summed E-state index contributed by atoms with van der Waals surface area (Å²) < 4.78 is 10.7. The van der Waals surface area contributed by atoms with Crippen molar-refractivity contribution in [1.29, 1.82) is 0 Å². The monoisotopic (exact) mass is 548 g/mol. The summed E-state index contributed by atoms with van der Waals surface area (Å²) in [6, 6.07) is 14.2. The molecule has 214 valence electrons. The fraction of sp³-hybridized carbons (Fsp3) is 0.452. The maximum Gasteiger partial charge on any atom is 0.338 e. The Kier molecular flexibility index (Phi) is 8.83. The number of hydrogen-bond donors (Lipinski definition) is 1. The average molecular weight is 549 g/mol. The van der Waals surface area contributed by atoms with E-state index < -0.39 is 12.0 Å². The SMILES string of the molecule is CCOC(=O)C1=C(CN2CCN(C(=O)c3ccc(OC)cc3)CC2)N(C)C(=O)N[C@@H]1c1ccc(C(C)(C)C)cc1. The third kappa shape index (κ3) is 6.31. The Morgan fingerprint density at radius 1 is 0.975 bits per heavy atom. The Morgan fingerprint density at radius 3 is 2.15 bits per heavy atom. The summed E-state index contributed by atoms with van der Waals surface area (Å²) in [5, 5.41) is 2.99. The highest BCUT2D eigenvalue weighted by Gasteiger charge is 2.38. The molecule has 3 amide bonds. The number of carbonyl (C=O) groups excluding carboxylic acids is 3. The maximum atomic E-state index is 13.3. The van der Waals surface area contributed by atoms with Crippen LogP contribution in [0, 0.1) is 0 Å². The van der Waals surface area contributed by atoms with E-state index in [1.54, 1.807) is 45.3 Å². The number of amides is 3. The Morgan fingerprint density at radius 2 is 1.60 bits per heavy atom. The Hall–Kier alpha value is -3.85. The van der Waals surface area contributed by atoms with Gasteiger partial charge in [0.15, 0.2) is 0 Å². The van der Waals surface area contributed by atoms with Crippen molar-refractivity contribution in [1.82, 2.24) is 20.0 Å². The number of carbonyl (C=O) groups is 3. The van der Waals surface area contributed by atoms with Gasteiger partial charge in [0.1, 0.15) is 5.75 Å². The van der Waals surface area contributed by atoms with Crippen LogP contribution >= 0.6 is 0 Å². The number of rotatable bonds is 7. The lowest BCUT2D eigenvalue weighted by Gasteiger charge is -2.39. The molecule has 0 spiro atoms. The second-order valence-electron chi connectivity index (χ2n) is 11.2. The molecule has 40 heavy (non-hydrogen) atoms. The third-order valence-corrected chi connectivity index (χ3v) is 7.55. The van der Waals surface area contributed by atoms with Gasteiger partial charge in [0.2, 0.25) is 0 Å². The lowest BCUT2D eigenvalue weighted by atomic mass is 9.85. The first-order chi connectivity index (χ1) is 19.0. The highest BCUT2D eigenvalue weighted by atomic mass is 16.5. The number of likely N-dealkylation sites (N-methyl/N-ethyl adjacent to an activating group) is 1. The molecule has 1 fully saturated rings. The molecule has 4 rings (SSSR count). The molecular formula is C31H40N4O5. The zero-order valence-corrected chi connectivity index (χ0v) is 24.3. The van der Waals surface area contributed by atoms with Gasteiger partial charge in [-0.25, -0.2) is 9.59 Å². The number of urea groups is 1. The van der Waals surface area contributed by atoms with Crippen molar-refractivity contribution >= 4 is 17.9 Å². The van der Waals surface area contributed by atoms with E-state index in [1.807, 2.05) is 29.2 Å². The fourth-order valence-corrected chi connectivity index (χ4v) is 5.06. The van der Waals surface area contributed by atoms with Crippen LogP contribution in [0.1, 0.15) is 55.2 Å². The van der Waals surface area contributed by atoms with Crippen LogP contribution in [0.15, 0.2) is 59.8 Å². The van der Waals surface area contributed by atoms with Crippen molar-refractivity contribution in [3.63, 3.8) is 0 Å². The van der Waals surface area contributed by atoms with Crippen LogP contribution in [0.3, 0.4) is 0 Å². The number of nitrogens with zero attached hydrogens (tertiary/aromatic N) is 3. The number of benzene rings is 2. The van der Waals surface area contributed by atoms with Gasteiger partial charge in [0, 0.05) is 51.0 Å². The van der Waals surface area contributed by atoms with E-state index in [-0.39, 0.29) is 24.0 Å². The normalized spacial score (nSPS) is 18.4. The standard InChI is InChI=1S/C31H40N4O5/c1-7-40-29(37)26-25(33(5)30(38)32-27(26)21-8-12-23(13-9-21)31(2,3)4)20-34-16-18-35(19-17-34)28(36)22-10-14-24(39-6)15-11-22/h8-15,27H,7,16-20H2,1-6H3,(H,32,38)/t27-/m1/s1. The third-order valence-electron chi connectivity index (χ3n) is 7.55. The molecule has 0 radical (unpaired) electrons. The van der Waals surface area contributed by atoms with Gasteiger partial charge in [-0.15, -0.1) is 0 Å². The zero-order chi connectivity index (χ0) is 29.0. The highest BCUT2D eigenvalue weighted by molar-refractivity contribution is 5.95. The molecule has 1 atom stereocenters. The first-order valence-corrected chi connectivity index (χ1v) is 13.7. The molecule has 0 bridgehead atoms. The van der Waals surface area contributed by atoms with E-state index >= 15 is 0 Å². The molecule has 1 N–H and O–H groups in total. The largest absolute Gasteiger partial charge is 0.497 e. The molecule has 2 aromatic rings. The number of piperazine rings is 1. The van der Waals surface area contributed by atoms with Gasteiger partial charge < -0.3 is 19.7 Å². The molecular weight excluding hydrogens is 508 g/mol. The minimum absolute atomic E-state index is 0.0174. The van der Waals surface area contributed by atoms with Gasteiger partial charge in [-0.05, 0) is 47.7 Å². The predicted octanol–water partition coefficient (Wildman–Crippen LogP) is 3.96. The number of esters is 1. The second kappa shape index (κ2) is 12.1. The minimum atomic E-state index is -0.621. The summed E-state index contributed by atoms with van der Waals surface area (Å²) in [5.74, 6) is 0.236. The molecule has 9 heteroatoms. The average Bonchev–Trinajstić information content (AvgIpc) is 2.95. The van der Waals surface area contributed by atoms with E-state index in [1.165, 1.54) is 10.5 Å². The van der Waals surface area contributed by atoms with E-state index in [2.05, 4.69) is 31.0 Å². The molecule has 2 aromatic carbocycles. The van der Waals surface area contributed by atoms with E-state index in [0.29, 0.717) is 55.3 Å². The Balaban J connectivity index is 1.55. The quantitative estimate of drug-likeness (QED) is 0.527. The molecule has 0 aromatic heterocycles. The van der Waals surface area contributed by atoms with Gasteiger partial charge in [-0.3, -0.25) is 14.6 Å².